The summed E-state index contributed by atoms with van der Waals surface area (Å²) in [7, 11) is 2.18. The second-order valence-electron chi connectivity index (χ2n) is 5.62. The molecule has 0 amide bonds. The van der Waals surface area contributed by atoms with Gasteiger partial charge in [-0.3, -0.25) is 4.90 Å². The van der Waals surface area contributed by atoms with Crippen LogP contribution in [0.2, 0.25) is 0 Å². The minimum absolute atomic E-state index is 0.309. The van der Waals surface area contributed by atoms with E-state index in [2.05, 4.69) is 56.9 Å². The first-order valence-electron chi connectivity index (χ1n) is 6.23. The Bertz CT molecular complexity index is 341. The van der Waals surface area contributed by atoms with Crippen LogP contribution in [0.4, 0.5) is 5.13 Å². The summed E-state index contributed by atoms with van der Waals surface area (Å²) in [4.78, 5) is 8.07. The molecule has 3 nitrogen and oxygen atoms in total. The number of nitrogens with zero attached hydrogens (tertiary/aromatic N) is 2. The van der Waals surface area contributed by atoms with E-state index in [0.717, 1.165) is 18.2 Å². The third kappa shape index (κ3) is 4.28. The molecular formula is C13H25N3S. The number of anilines is 1. The first-order valence-corrected chi connectivity index (χ1v) is 7.05. The fraction of sp³-hybridized carbons (Fsp3) is 0.769. The summed E-state index contributed by atoms with van der Waals surface area (Å²) in [5, 5.41) is 4.28. The maximum Gasteiger partial charge on any atom is 0.182 e. The summed E-state index contributed by atoms with van der Waals surface area (Å²) in [5.41, 5.74) is 0.309. The first kappa shape index (κ1) is 14.5. The summed E-state index contributed by atoms with van der Waals surface area (Å²) in [6.07, 6.45) is 1.98. The highest BCUT2D eigenvalue weighted by Gasteiger charge is 2.24. The van der Waals surface area contributed by atoms with Gasteiger partial charge in [-0.15, -0.1) is 11.3 Å². The molecule has 0 saturated carbocycles. The van der Waals surface area contributed by atoms with Crippen molar-refractivity contribution in [3.05, 3.63) is 11.1 Å². The molecule has 1 N–H and O–H groups in total. The summed E-state index contributed by atoms with van der Waals surface area (Å²) in [6, 6.07) is 0.548. The van der Waals surface area contributed by atoms with Crippen LogP contribution < -0.4 is 5.32 Å². The zero-order valence-electron chi connectivity index (χ0n) is 11.9. The fourth-order valence-corrected chi connectivity index (χ4v) is 2.60. The van der Waals surface area contributed by atoms with Crippen LogP contribution >= 0.6 is 11.3 Å². The van der Waals surface area contributed by atoms with Crippen molar-refractivity contribution in [2.75, 3.05) is 18.9 Å². The molecule has 1 rings (SSSR count). The molecule has 1 aromatic rings. The van der Waals surface area contributed by atoms with E-state index >= 15 is 0 Å². The molecule has 0 bridgehead atoms. The van der Waals surface area contributed by atoms with Crippen LogP contribution in [0.25, 0.3) is 0 Å². The van der Waals surface area contributed by atoms with Gasteiger partial charge in [-0.2, -0.15) is 0 Å². The van der Waals surface area contributed by atoms with Crippen molar-refractivity contribution >= 4 is 16.5 Å². The minimum atomic E-state index is 0.309. The smallest absolute Gasteiger partial charge is 0.182 e. The highest BCUT2D eigenvalue weighted by atomic mass is 32.1. The van der Waals surface area contributed by atoms with Crippen molar-refractivity contribution in [3.63, 3.8) is 0 Å². The zero-order valence-corrected chi connectivity index (χ0v) is 12.7. The Morgan fingerprint density at radius 2 is 2.12 bits per heavy atom. The van der Waals surface area contributed by atoms with E-state index in [0.29, 0.717) is 11.5 Å². The van der Waals surface area contributed by atoms with Crippen molar-refractivity contribution in [1.82, 2.24) is 9.88 Å². The van der Waals surface area contributed by atoms with Gasteiger partial charge >= 0.3 is 0 Å². The quantitative estimate of drug-likeness (QED) is 0.873. The van der Waals surface area contributed by atoms with Crippen LogP contribution in [-0.2, 0) is 6.54 Å². The molecule has 1 aromatic heterocycles. The molecule has 98 valence electrons. The molecule has 1 heterocycles. The van der Waals surface area contributed by atoms with Gasteiger partial charge in [-0.05, 0) is 26.3 Å². The maximum atomic E-state index is 4.36. The lowest BCUT2D eigenvalue weighted by atomic mass is 9.87. The third-order valence-corrected chi connectivity index (χ3v) is 4.14. The van der Waals surface area contributed by atoms with Crippen molar-refractivity contribution in [3.8, 4) is 0 Å². The molecule has 0 aliphatic rings. The standard InChI is InChI=1S/C13H25N3S/c1-7-14-12-15-8-11(17-12)9-16(6)10(2)13(3,4)5/h8,10H,7,9H2,1-6H3,(H,14,15). The minimum Gasteiger partial charge on any atom is -0.362 e. The Labute approximate surface area is 109 Å². The Kier molecular flexibility index (Phi) is 4.95. The van der Waals surface area contributed by atoms with Crippen molar-refractivity contribution in [2.45, 2.75) is 47.2 Å². The van der Waals surface area contributed by atoms with Crippen LogP contribution in [0.15, 0.2) is 6.20 Å². The van der Waals surface area contributed by atoms with Gasteiger partial charge in [-0.1, -0.05) is 20.8 Å². The lowest BCUT2D eigenvalue weighted by molar-refractivity contribution is 0.135. The molecule has 0 aliphatic carbocycles. The molecule has 0 fully saturated rings. The Balaban J connectivity index is 2.58. The molecule has 1 atom stereocenters. The van der Waals surface area contributed by atoms with E-state index in [1.54, 1.807) is 11.3 Å². The number of aromatic nitrogens is 1. The first-order chi connectivity index (χ1) is 7.84. The predicted molar refractivity (Wildman–Crippen MR) is 76.7 cm³/mol. The van der Waals surface area contributed by atoms with E-state index in [9.17, 15) is 0 Å². The van der Waals surface area contributed by atoms with Gasteiger partial charge in [0.15, 0.2) is 5.13 Å². The second kappa shape index (κ2) is 5.83. The van der Waals surface area contributed by atoms with Crippen LogP contribution in [-0.4, -0.2) is 29.5 Å². The molecule has 0 aliphatic heterocycles. The molecule has 0 saturated heterocycles. The summed E-state index contributed by atoms with van der Waals surface area (Å²) < 4.78 is 0. The summed E-state index contributed by atoms with van der Waals surface area (Å²) >= 11 is 1.75. The van der Waals surface area contributed by atoms with Crippen LogP contribution in [0.5, 0.6) is 0 Å². The van der Waals surface area contributed by atoms with E-state index in [1.165, 1.54) is 4.88 Å². The molecule has 0 spiro atoms. The Hall–Kier alpha value is -0.610. The van der Waals surface area contributed by atoms with E-state index in [4.69, 9.17) is 0 Å². The number of hydrogen-bond acceptors (Lipinski definition) is 4. The van der Waals surface area contributed by atoms with Gasteiger partial charge in [-0.25, -0.2) is 4.98 Å². The average molecular weight is 255 g/mol. The molecule has 1 unspecified atom stereocenters. The maximum absolute atomic E-state index is 4.36. The average Bonchev–Trinajstić information content (AvgIpc) is 2.63. The summed E-state index contributed by atoms with van der Waals surface area (Å²) in [6.45, 7) is 13.1. The van der Waals surface area contributed by atoms with Gasteiger partial charge in [0.05, 0.1) is 0 Å². The van der Waals surface area contributed by atoms with Crippen molar-refractivity contribution in [1.29, 1.82) is 0 Å². The van der Waals surface area contributed by atoms with E-state index in [1.807, 2.05) is 6.20 Å². The number of nitrogens with one attached hydrogen (secondary N) is 1. The van der Waals surface area contributed by atoms with Gasteiger partial charge in [0.1, 0.15) is 0 Å². The molecule has 0 aromatic carbocycles. The van der Waals surface area contributed by atoms with E-state index < -0.39 is 0 Å². The van der Waals surface area contributed by atoms with E-state index in [-0.39, 0.29) is 0 Å². The van der Waals surface area contributed by atoms with Gasteiger partial charge in [0.25, 0.3) is 0 Å². The lowest BCUT2D eigenvalue weighted by Gasteiger charge is -2.35. The number of rotatable bonds is 5. The van der Waals surface area contributed by atoms with Crippen LogP contribution in [0.3, 0.4) is 0 Å². The SMILES string of the molecule is CCNc1ncc(CN(C)C(C)C(C)(C)C)s1. The number of thiazole rings is 1. The van der Waals surface area contributed by atoms with Gasteiger partial charge in [0.2, 0.25) is 0 Å². The molecular weight excluding hydrogens is 230 g/mol. The lowest BCUT2D eigenvalue weighted by Crippen LogP contribution is -2.38. The third-order valence-electron chi connectivity index (χ3n) is 3.20. The number of hydrogen-bond donors (Lipinski definition) is 1. The van der Waals surface area contributed by atoms with Crippen molar-refractivity contribution < 1.29 is 0 Å². The molecule has 0 radical (unpaired) electrons. The Morgan fingerprint density at radius 1 is 1.47 bits per heavy atom. The van der Waals surface area contributed by atoms with Gasteiger partial charge < -0.3 is 5.32 Å². The molecule has 4 heteroatoms. The topological polar surface area (TPSA) is 28.2 Å². The highest BCUT2D eigenvalue weighted by Crippen LogP contribution is 2.26. The second-order valence-corrected chi connectivity index (χ2v) is 6.73. The zero-order chi connectivity index (χ0) is 13.1. The highest BCUT2D eigenvalue weighted by molar-refractivity contribution is 7.15. The summed E-state index contributed by atoms with van der Waals surface area (Å²) in [5.74, 6) is 0. The van der Waals surface area contributed by atoms with Crippen LogP contribution in [0.1, 0.15) is 39.5 Å². The molecule has 17 heavy (non-hydrogen) atoms. The largest absolute Gasteiger partial charge is 0.362 e. The Morgan fingerprint density at radius 3 is 2.65 bits per heavy atom. The van der Waals surface area contributed by atoms with Gasteiger partial charge in [0, 0.05) is 30.2 Å². The fourth-order valence-electron chi connectivity index (χ4n) is 1.66. The monoisotopic (exact) mass is 255 g/mol. The van der Waals surface area contributed by atoms with Crippen LogP contribution in [0, 0.1) is 5.41 Å². The van der Waals surface area contributed by atoms with Crippen molar-refractivity contribution in [2.24, 2.45) is 5.41 Å². The normalized spacial score (nSPS) is 14.1. The predicted octanol–water partition coefficient (Wildman–Crippen LogP) is 3.44.